The van der Waals surface area contributed by atoms with Crippen molar-refractivity contribution < 1.29 is 14.0 Å². The largest absolute Gasteiger partial charge is 0.366 e. The number of carbonyl (C=O) groups is 2. The number of nitrogens with two attached hydrogens (primary N) is 1. The summed E-state index contributed by atoms with van der Waals surface area (Å²) in [5.41, 5.74) is 9.72. The molecule has 8 heteroatoms. The number of hydrogen-bond donors (Lipinski definition) is 2. The first-order valence-corrected chi connectivity index (χ1v) is 8.56. The Hall–Kier alpha value is -2.19. The van der Waals surface area contributed by atoms with Crippen LogP contribution >= 0.6 is 0 Å². The molecule has 2 aliphatic rings. The number of benzene rings is 1. The van der Waals surface area contributed by atoms with Crippen LogP contribution in [-0.4, -0.2) is 56.1 Å². The number of nitrogens with one attached hydrogen (secondary N) is 1. The van der Waals surface area contributed by atoms with Gasteiger partial charge in [-0.05, 0) is 30.7 Å². The Labute approximate surface area is 146 Å². The Morgan fingerprint density at radius 3 is 2.80 bits per heavy atom. The van der Waals surface area contributed by atoms with Gasteiger partial charge in [0.25, 0.3) is 0 Å². The molecule has 0 aromatic heterocycles. The van der Waals surface area contributed by atoms with Gasteiger partial charge in [0.15, 0.2) is 0 Å². The molecule has 2 heterocycles. The maximum Gasteiger partial charge on any atom is 0.233 e. The molecule has 1 atom stereocenters. The summed E-state index contributed by atoms with van der Waals surface area (Å²) in [6.45, 7) is 4.67. The van der Waals surface area contributed by atoms with Crippen LogP contribution in [0.1, 0.15) is 13.3 Å². The van der Waals surface area contributed by atoms with Crippen LogP contribution in [0, 0.1) is 11.7 Å². The molecular formula is C17H24FN5O2. The highest BCUT2D eigenvalue weighted by molar-refractivity contribution is 5.96. The zero-order valence-corrected chi connectivity index (χ0v) is 14.4. The van der Waals surface area contributed by atoms with Crippen molar-refractivity contribution >= 4 is 23.2 Å². The van der Waals surface area contributed by atoms with Crippen LogP contribution in [0.25, 0.3) is 0 Å². The van der Waals surface area contributed by atoms with Crippen molar-refractivity contribution in [3.05, 3.63) is 24.0 Å². The third kappa shape index (κ3) is 3.74. The first-order valence-electron chi connectivity index (χ1n) is 8.56. The predicted molar refractivity (Wildman–Crippen MR) is 93.5 cm³/mol. The van der Waals surface area contributed by atoms with Crippen molar-refractivity contribution in [2.45, 2.75) is 13.3 Å². The third-order valence-corrected chi connectivity index (χ3v) is 4.78. The van der Waals surface area contributed by atoms with Crippen LogP contribution < -0.4 is 21.0 Å². The highest BCUT2D eigenvalue weighted by Gasteiger charge is 2.30. The Kier molecular flexibility index (Phi) is 5.19. The van der Waals surface area contributed by atoms with Crippen molar-refractivity contribution in [2.75, 3.05) is 49.1 Å². The molecule has 2 aliphatic heterocycles. The lowest BCUT2D eigenvalue weighted by Gasteiger charge is -2.24. The summed E-state index contributed by atoms with van der Waals surface area (Å²) in [7, 11) is 0. The monoisotopic (exact) mass is 349 g/mol. The van der Waals surface area contributed by atoms with Gasteiger partial charge in [-0.3, -0.25) is 14.6 Å². The van der Waals surface area contributed by atoms with Crippen molar-refractivity contribution in [3.63, 3.8) is 0 Å². The molecule has 0 unspecified atom stereocenters. The predicted octanol–water partition coefficient (Wildman–Crippen LogP) is 0.310. The standard InChI is InChI=1S/C17H24FN5O2/c1-12(24)23-7-6-21(5-4-20-23)16-3-2-14(9-15(16)18)22-11-13(10-19)8-17(22)25/h2-3,9,13,20H,4-8,10-11,19H2,1H3/t13-/m0/s1. The molecule has 3 N–H and O–H groups in total. The first kappa shape index (κ1) is 17.6. The van der Waals surface area contributed by atoms with E-state index in [2.05, 4.69) is 5.43 Å². The average Bonchev–Trinajstić information content (AvgIpc) is 2.80. The van der Waals surface area contributed by atoms with Gasteiger partial charge in [0.1, 0.15) is 5.82 Å². The van der Waals surface area contributed by atoms with Crippen LogP contribution in [0.4, 0.5) is 15.8 Å². The van der Waals surface area contributed by atoms with E-state index in [0.717, 1.165) is 0 Å². The highest BCUT2D eigenvalue weighted by atomic mass is 19.1. The van der Waals surface area contributed by atoms with Gasteiger partial charge in [0, 0.05) is 45.2 Å². The second-order valence-electron chi connectivity index (χ2n) is 6.51. The number of anilines is 2. The number of amides is 2. The summed E-state index contributed by atoms with van der Waals surface area (Å²) in [6.07, 6.45) is 0.415. The van der Waals surface area contributed by atoms with Crippen molar-refractivity contribution in [2.24, 2.45) is 11.7 Å². The number of rotatable bonds is 3. The zero-order valence-electron chi connectivity index (χ0n) is 14.4. The van der Waals surface area contributed by atoms with Crippen LogP contribution in [0.3, 0.4) is 0 Å². The Balaban J connectivity index is 1.74. The Morgan fingerprint density at radius 1 is 1.36 bits per heavy atom. The van der Waals surface area contributed by atoms with Crippen LogP contribution in [0.15, 0.2) is 18.2 Å². The van der Waals surface area contributed by atoms with E-state index < -0.39 is 0 Å². The van der Waals surface area contributed by atoms with Gasteiger partial charge in [-0.2, -0.15) is 0 Å². The second kappa shape index (κ2) is 7.37. The van der Waals surface area contributed by atoms with Gasteiger partial charge in [-0.15, -0.1) is 0 Å². The van der Waals surface area contributed by atoms with Crippen LogP contribution in [0.5, 0.6) is 0 Å². The van der Waals surface area contributed by atoms with E-state index in [1.54, 1.807) is 22.0 Å². The zero-order chi connectivity index (χ0) is 18.0. The molecule has 7 nitrogen and oxygen atoms in total. The normalized spacial score (nSPS) is 21.6. The summed E-state index contributed by atoms with van der Waals surface area (Å²) < 4.78 is 14.7. The fourth-order valence-electron chi connectivity index (χ4n) is 3.35. The molecule has 0 spiro atoms. The highest BCUT2D eigenvalue weighted by Crippen LogP contribution is 2.29. The lowest BCUT2D eigenvalue weighted by molar-refractivity contribution is -0.131. The molecule has 2 saturated heterocycles. The molecule has 1 aromatic rings. The van der Waals surface area contributed by atoms with E-state index >= 15 is 0 Å². The molecule has 0 bridgehead atoms. The molecule has 25 heavy (non-hydrogen) atoms. The third-order valence-electron chi connectivity index (χ3n) is 4.78. The fraction of sp³-hybridized carbons (Fsp3) is 0.529. The van der Waals surface area contributed by atoms with Gasteiger partial charge >= 0.3 is 0 Å². The summed E-state index contributed by atoms with van der Waals surface area (Å²) in [4.78, 5) is 27.0. The van der Waals surface area contributed by atoms with Crippen molar-refractivity contribution in [1.29, 1.82) is 0 Å². The maximum absolute atomic E-state index is 14.7. The van der Waals surface area contributed by atoms with E-state index in [-0.39, 0.29) is 23.5 Å². The summed E-state index contributed by atoms with van der Waals surface area (Å²) in [5.74, 6) is -0.305. The molecular weight excluding hydrogens is 325 g/mol. The van der Waals surface area contributed by atoms with E-state index in [9.17, 15) is 14.0 Å². The minimum absolute atomic E-state index is 0.0151. The second-order valence-corrected chi connectivity index (χ2v) is 6.51. The van der Waals surface area contributed by atoms with Crippen LogP contribution in [0.2, 0.25) is 0 Å². The summed E-state index contributed by atoms with van der Waals surface area (Å²) in [6, 6.07) is 4.89. The molecule has 1 aromatic carbocycles. The van der Waals surface area contributed by atoms with E-state index in [4.69, 9.17) is 5.73 Å². The first-order chi connectivity index (χ1) is 12.0. The van der Waals surface area contributed by atoms with Crippen molar-refractivity contribution in [1.82, 2.24) is 10.4 Å². The summed E-state index contributed by atoms with van der Waals surface area (Å²) >= 11 is 0. The van der Waals surface area contributed by atoms with Gasteiger partial charge in [0.05, 0.1) is 12.2 Å². The lowest BCUT2D eigenvalue weighted by atomic mass is 10.1. The molecule has 0 aliphatic carbocycles. The number of halogens is 1. The molecule has 0 saturated carbocycles. The smallest absolute Gasteiger partial charge is 0.233 e. The van der Waals surface area contributed by atoms with Crippen molar-refractivity contribution in [3.8, 4) is 0 Å². The maximum atomic E-state index is 14.7. The SMILES string of the molecule is CC(=O)N1CCN(c2ccc(N3C[C@H](CN)CC3=O)cc2F)CCN1. The minimum Gasteiger partial charge on any atom is -0.366 e. The fourth-order valence-corrected chi connectivity index (χ4v) is 3.35. The molecule has 136 valence electrons. The Morgan fingerprint density at radius 2 is 2.16 bits per heavy atom. The molecule has 2 fully saturated rings. The average molecular weight is 349 g/mol. The van der Waals surface area contributed by atoms with E-state index in [0.29, 0.717) is 57.1 Å². The number of carbonyl (C=O) groups excluding carboxylic acids is 2. The van der Waals surface area contributed by atoms with Gasteiger partial charge in [0.2, 0.25) is 11.8 Å². The number of hydrazine groups is 1. The summed E-state index contributed by atoms with van der Waals surface area (Å²) in [5, 5.41) is 1.54. The van der Waals surface area contributed by atoms with Gasteiger partial charge in [-0.1, -0.05) is 0 Å². The molecule has 2 amide bonds. The number of hydrogen-bond acceptors (Lipinski definition) is 5. The van der Waals surface area contributed by atoms with E-state index in [1.807, 2.05) is 4.90 Å². The molecule has 0 radical (unpaired) electrons. The van der Waals surface area contributed by atoms with Gasteiger partial charge < -0.3 is 15.5 Å². The quantitative estimate of drug-likeness (QED) is 0.821. The lowest BCUT2D eigenvalue weighted by Crippen LogP contribution is -2.42. The molecule has 3 rings (SSSR count). The van der Waals surface area contributed by atoms with E-state index in [1.165, 1.54) is 13.0 Å². The topological polar surface area (TPSA) is 81.9 Å². The van der Waals surface area contributed by atoms with Gasteiger partial charge in [-0.25, -0.2) is 9.82 Å². The van der Waals surface area contributed by atoms with Crippen LogP contribution in [-0.2, 0) is 9.59 Å². The minimum atomic E-state index is -0.363. The number of nitrogens with zero attached hydrogens (tertiary/aromatic N) is 3. The Bertz CT molecular complexity index is 668.